The fraction of sp³-hybridized carbons (Fsp3) is 0.538. The van der Waals surface area contributed by atoms with Crippen LogP contribution in [-0.4, -0.2) is 18.0 Å². The Hall–Kier alpha value is -1.64. The molecular formula is C26H38N2. The van der Waals surface area contributed by atoms with Gasteiger partial charge in [0, 0.05) is 19.6 Å². The zero-order chi connectivity index (χ0) is 20.0. The quantitative estimate of drug-likeness (QED) is 0.664. The van der Waals surface area contributed by atoms with Gasteiger partial charge in [0.15, 0.2) is 0 Å². The molecule has 2 nitrogen and oxygen atoms in total. The van der Waals surface area contributed by atoms with E-state index in [4.69, 9.17) is 5.73 Å². The van der Waals surface area contributed by atoms with Crippen molar-refractivity contribution in [3.63, 3.8) is 0 Å². The molecule has 1 fully saturated rings. The molecule has 152 valence electrons. The SMILES string of the molecule is CC(C)(C)c1ccc(CN(Cc2ccccc2)CC2CCC(CN)CC2)cc1. The number of hydrogen-bond acceptors (Lipinski definition) is 2. The Morgan fingerprint density at radius 2 is 1.32 bits per heavy atom. The van der Waals surface area contributed by atoms with Crippen molar-refractivity contribution in [3.05, 3.63) is 71.3 Å². The Balaban J connectivity index is 1.67. The summed E-state index contributed by atoms with van der Waals surface area (Å²) in [6, 6.07) is 20.2. The topological polar surface area (TPSA) is 29.3 Å². The largest absolute Gasteiger partial charge is 0.330 e. The minimum Gasteiger partial charge on any atom is -0.330 e. The van der Waals surface area contributed by atoms with E-state index in [2.05, 4.69) is 80.3 Å². The minimum absolute atomic E-state index is 0.212. The summed E-state index contributed by atoms with van der Waals surface area (Å²) in [7, 11) is 0. The van der Waals surface area contributed by atoms with Crippen LogP contribution < -0.4 is 5.73 Å². The number of nitrogens with two attached hydrogens (primary N) is 1. The molecule has 0 aliphatic heterocycles. The average Bonchev–Trinajstić information content (AvgIpc) is 2.69. The first-order valence-corrected chi connectivity index (χ1v) is 11.0. The van der Waals surface area contributed by atoms with Crippen molar-refractivity contribution < 1.29 is 0 Å². The highest BCUT2D eigenvalue weighted by Gasteiger charge is 2.22. The number of nitrogens with zero attached hydrogens (tertiary/aromatic N) is 1. The van der Waals surface area contributed by atoms with Crippen molar-refractivity contribution >= 4 is 0 Å². The highest BCUT2D eigenvalue weighted by atomic mass is 15.1. The van der Waals surface area contributed by atoms with Gasteiger partial charge in [-0.15, -0.1) is 0 Å². The third-order valence-electron chi connectivity index (χ3n) is 6.29. The fourth-order valence-electron chi connectivity index (χ4n) is 4.41. The third kappa shape index (κ3) is 6.18. The lowest BCUT2D eigenvalue weighted by Gasteiger charge is -2.32. The molecule has 28 heavy (non-hydrogen) atoms. The third-order valence-corrected chi connectivity index (χ3v) is 6.29. The van der Waals surface area contributed by atoms with Gasteiger partial charge in [0.1, 0.15) is 0 Å². The van der Waals surface area contributed by atoms with Gasteiger partial charge >= 0.3 is 0 Å². The molecule has 0 radical (unpaired) electrons. The maximum absolute atomic E-state index is 5.89. The standard InChI is InChI=1S/C26H38N2/c1-26(2,3)25-15-13-24(14-16-25)20-28(18-22-7-5-4-6-8-22)19-23-11-9-21(17-27)10-12-23/h4-8,13-16,21,23H,9-12,17-20,27H2,1-3H3. The number of hydrogen-bond donors (Lipinski definition) is 1. The molecule has 2 aromatic carbocycles. The molecule has 1 saturated carbocycles. The van der Waals surface area contributed by atoms with E-state index >= 15 is 0 Å². The highest BCUT2D eigenvalue weighted by molar-refractivity contribution is 5.27. The van der Waals surface area contributed by atoms with Crippen LogP contribution >= 0.6 is 0 Å². The number of benzene rings is 2. The first kappa shape index (κ1) is 21.1. The van der Waals surface area contributed by atoms with Crippen LogP contribution in [0.4, 0.5) is 0 Å². The molecule has 3 rings (SSSR count). The summed E-state index contributed by atoms with van der Waals surface area (Å²) in [6.45, 7) is 10.9. The van der Waals surface area contributed by atoms with Gasteiger partial charge in [-0.2, -0.15) is 0 Å². The molecule has 1 aliphatic rings. The smallest absolute Gasteiger partial charge is 0.0237 e. The normalized spacial score (nSPS) is 20.5. The van der Waals surface area contributed by atoms with Crippen LogP contribution in [0.15, 0.2) is 54.6 Å². The Morgan fingerprint density at radius 1 is 0.786 bits per heavy atom. The zero-order valence-electron chi connectivity index (χ0n) is 18.0. The van der Waals surface area contributed by atoms with E-state index in [1.165, 1.54) is 48.9 Å². The molecule has 2 N–H and O–H groups in total. The van der Waals surface area contributed by atoms with Gasteiger partial charge < -0.3 is 5.73 Å². The van der Waals surface area contributed by atoms with Gasteiger partial charge in [0.05, 0.1) is 0 Å². The molecule has 0 bridgehead atoms. The van der Waals surface area contributed by atoms with Gasteiger partial charge in [-0.05, 0) is 66.2 Å². The summed E-state index contributed by atoms with van der Waals surface area (Å²) in [5.41, 5.74) is 10.3. The van der Waals surface area contributed by atoms with Gasteiger partial charge in [-0.3, -0.25) is 4.90 Å². The van der Waals surface area contributed by atoms with Crippen molar-refractivity contribution in [3.8, 4) is 0 Å². The second kappa shape index (κ2) is 9.71. The van der Waals surface area contributed by atoms with E-state index in [0.717, 1.165) is 31.5 Å². The molecule has 1 aliphatic carbocycles. The summed E-state index contributed by atoms with van der Waals surface area (Å²) in [4.78, 5) is 2.65. The Morgan fingerprint density at radius 3 is 1.86 bits per heavy atom. The molecule has 0 spiro atoms. The van der Waals surface area contributed by atoms with Crippen molar-refractivity contribution in [1.82, 2.24) is 4.90 Å². The monoisotopic (exact) mass is 378 g/mol. The molecule has 0 amide bonds. The highest BCUT2D eigenvalue weighted by Crippen LogP contribution is 2.29. The molecular weight excluding hydrogens is 340 g/mol. The summed E-state index contributed by atoms with van der Waals surface area (Å²) in [5.74, 6) is 1.56. The molecule has 0 saturated heterocycles. The van der Waals surface area contributed by atoms with Crippen molar-refractivity contribution in [2.45, 2.75) is 65.0 Å². The molecule has 0 unspecified atom stereocenters. The van der Waals surface area contributed by atoms with Crippen molar-refractivity contribution in [2.24, 2.45) is 17.6 Å². The van der Waals surface area contributed by atoms with Crippen LogP contribution in [0.25, 0.3) is 0 Å². The predicted octanol–water partition coefficient (Wildman–Crippen LogP) is 5.75. The van der Waals surface area contributed by atoms with Crippen molar-refractivity contribution in [2.75, 3.05) is 13.1 Å². The fourth-order valence-corrected chi connectivity index (χ4v) is 4.41. The van der Waals surface area contributed by atoms with Gasteiger partial charge in [-0.1, -0.05) is 75.4 Å². The van der Waals surface area contributed by atoms with E-state index in [1.807, 2.05) is 0 Å². The lowest BCUT2D eigenvalue weighted by atomic mass is 9.81. The van der Waals surface area contributed by atoms with Gasteiger partial charge in [0.2, 0.25) is 0 Å². The second-order valence-electron chi connectivity index (χ2n) is 9.72. The molecule has 2 heteroatoms. The Labute approximate surface area is 172 Å². The van der Waals surface area contributed by atoms with Crippen LogP contribution in [-0.2, 0) is 18.5 Å². The van der Waals surface area contributed by atoms with Crippen LogP contribution in [0.2, 0.25) is 0 Å². The van der Waals surface area contributed by atoms with Crippen LogP contribution in [0, 0.1) is 11.8 Å². The summed E-state index contributed by atoms with van der Waals surface area (Å²) in [6.07, 6.45) is 5.27. The summed E-state index contributed by atoms with van der Waals surface area (Å²) >= 11 is 0. The van der Waals surface area contributed by atoms with Crippen LogP contribution in [0.1, 0.15) is 63.1 Å². The Kier molecular flexibility index (Phi) is 7.31. The van der Waals surface area contributed by atoms with E-state index in [-0.39, 0.29) is 5.41 Å². The average molecular weight is 379 g/mol. The van der Waals surface area contributed by atoms with Crippen LogP contribution in [0.5, 0.6) is 0 Å². The van der Waals surface area contributed by atoms with Crippen LogP contribution in [0.3, 0.4) is 0 Å². The number of rotatable bonds is 7. The Bertz CT molecular complexity index is 691. The summed E-state index contributed by atoms with van der Waals surface area (Å²) in [5, 5.41) is 0. The molecule has 2 aromatic rings. The maximum atomic E-state index is 5.89. The molecule has 0 heterocycles. The summed E-state index contributed by atoms with van der Waals surface area (Å²) < 4.78 is 0. The van der Waals surface area contributed by atoms with E-state index < -0.39 is 0 Å². The predicted molar refractivity (Wildman–Crippen MR) is 120 cm³/mol. The zero-order valence-corrected chi connectivity index (χ0v) is 18.0. The maximum Gasteiger partial charge on any atom is 0.0237 e. The first-order valence-electron chi connectivity index (χ1n) is 11.0. The second-order valence-corrected chi connectivity index (χ2v) is 9.72. The lowest BCUT2D eigenvalue weighted by molar-refractivity contribution is 0.170. The van der Waals surface area contributed by atoms with E-state index in [0.29, 0.717) is 0 Å². The van der Waals surface area contributed by atoms with Gasteiger partial charge in [-0.25, -0.2) is 0 Å². The van der Waals surface area contributed by atoms with E-state index in [1.54, 1.807) is 0 Å². The molecule has 0 aromatic heterocycles. The lowest BCUT2D eigenvalue weighted by Crippen LogP contribution is -2.32. The molecule has 0 atom stereocenters. The first-order chi connectivity index (χ1) is 13.4. The van der Waals surface area contributed by atoms with Crippen molar-refractivity contribution in [1.29, 1.82) is 0 Å². The van der Waals surface area contributed by atoms with Gasteiger partial charge in [0.25, 0.3) is 0 Å². The van der Waals surface area contributed by atoms with E-state index in [9.17, 15) is 0 Å². The minimum atomic E-state index is 0.212.